The molecule has 1 N–H and O–H groups in total. The second kappa shape index (κ2) is 10.8. The SMILES string of the molecule is CCCNC(CCC)C(CC)N(C)C(CC)CC. The molecule has 0 fully saturated rings. The largest absolute Gasteiger partial charge is 0.312 e. The van der Waals surface area contributed by atoms with Crippen LogP contribution < -0.4 is 5.32 Å². The first-order valence-corrected chi connectivity index (χ1v) is 8.11. The van der Waals surface area contributed by atoms with E-state index < -0.39 is 0 Å². The summed E-state index contributed by atoms with van der Waals surface area (Å²) in [5.74, 6) is 0. The predicted octanol–water partition coefficient (Wildman–Crippen LogP) is 4.05. The second-order valence-electron chi connectivity index (χ2n) is 5.46. The Bertz CT molecular complexity index is 178. The first-order chi connectivity index (χ1) is 8.65. The van der Waals surface area contributed by atoms with E-state index in [1.807, 2.05) is 0 Å². The van der Waals surface area contributed by atoms with E-state index in [-0.39, 0.29) is 0 Å². The smallest absolute Gasteiger partial charge is 0.0246 e. The summed E-state index contributed by atoms with van der Waals surface area (Å²) in [6.45, 7) is 12.7. The number of nitrogens with one attached hydrogen (secondary N) is 1. The van der Waals surface area contributed by atoms with Gasteiger partial charge in [-0.05, 0) is 45.7 Å². The van der Waals surface area contributed by atoms with Gasteiger partial charge < -0.3 is 5.32 Å². The van der Waals surface area contributed by atoms with Crippen molar-refractivity contribution >= 4 is 0 Å². The maximum atomic E-state index is 3.76. The molecule has 0 bridgehead atoms. The van der Waals surface area contributed by atoms with Crippen molar-refractivity contribution in [2.45, 2.75) is 91.3 Å². The number of likely N-dealkylation sites (N-methyl/N-ethyl adjacent to an activating group) is 1. The number of nitrogens with zero attached hydrogens (tertiary/aromatic N) is 1. The summed E-state index contributed by atoms with van der Waals surface area (Å²) in [6.07, 6.45) is 7.56. The van der Waals surface area contributed by atoms with E-state index in [1.165, 1.54) is 38.5 Å². The van der Waals surface area contributed by atoms with Crippen LogP contribution in [0.3, 0.4) is 0 Å². The van der Waals surface area contributed by atoms with Crippen molar-refractivity contribution in [3.63, 3.8) is 0 Å². The first kappa shape index (κ1) is 17.9. The van der Waals surface area contributed by atoms with Gasteiger partial charge in [-0.25, -0.2) is 0 Å². The third kappa shape index (κ3) is 5.71. The average molecular weight is 256 g/mol. The van der Waals surface area contributed by atoms with Crippen molar-refractivity contribution < 1.29 is 0 Å². The van der Waals surface area contributed by atoms with Gasteiger partial charge in [0, 0.05) is 18.1 Å². The molecule has 0 aliphatic carbocycles. The molecule has 2 heteroatoms. The molecule has 0 rings (SSSR count). The zero-order valence-corrected chi connectivity index (χ0v) is 13.6. The summed E-state index contributed by atoms with van der Waals surface area (Å²) in [6, 6.07) is 2.07. The van der Waals surface area contributed by atoms with E-state index in [9.17, 15) is 0 Å². The third-order valence-electron chi connectivity index (χ3n) is 4.18. The van der Waals surface area contributed by atoms with Crippen LogP contribution in [-0.4, -0.2) is 36.6 Å². The second-order valence-corrected chi connectivity index (χ2v) is 5.46. The van der Waals surface area contributed by atoms with Gasteiger partial charge in [0.05, 0.1) is 0 Å². The van der Waals surface area contributed by atoms with Crippen LogP contribution in [0.4, 0.5) is 0 Å². The summed E-state index contributed by atoms with van der Waals surface area (Å²) >= 11 is 0. The molecular weight excluding hydrogens is 220 g/mol. The van der Waals surface area contributed by atoms with Crippen LogP contribution >= 0.6 is 0 Å². The molecule has 0 aromatic rings. The lowest BCUT2D eigenvalue weighted by Crippen LogP contribution is -2.51. The highest BCUT2D eigenvalue weighted by Crippen LogP contribution is 2.18. The molecular formula is C16H36N2. The van der Waals surface area contributed by atoms with Crippen LogP contribution in [0, 0.1) is 0 Å². The summed E-state index contributed by atoms with van der Waals surface area (Å²) in [4.78, 5) is 2.63. The molecule has 0 amide bonds. The maximum absolute atomic E-state index is 3.76. The van der Waals surface area contributed by atoms with Gasteiger partial charge >= 0.3 is 0 Å². The molecule has 2 atom stereocenters. The Morgan fingerprint density at radius 2 is 1.50 bits per heavy atom. The highest BCUT2D eigenvalue weighted by atomic mass is 15.2. The summed E-state index contributed by atoms with van der Waals surface area (Å²) in [7, 11) is 2.32. The van der Waals surface area contributed by atoms with Gasteiger partial charge in [0.2, 0.25) is 0 Å². The Morgan fingerprint density at radius 3 is 1.89 bits per heavy atom. The molecule has 0 aliphatic heterocycles. The molecule has 0 spiro atoms. The normalized spacial score (nSPS) is 15.3. The lowest BCUT2D eigenvalue weighted by molar-refractivity contribution is 0.122. The molecule has 0 heterocycles. The Kier molecular flexibility index (Phi) is 10.8. The molecule has 0 saturated heterocycles. The van der Waals surface area contributed by atoms with Crippen molar-refractivity contribution in [2.75, 3.05) is 13.6 Å². The van der Waals surface area contributed by atoms with Crippen molar-refractivity contribution in [2.24, 2.45) is 0 Å². The zero-order valence-electron chi connectivity index (χ0n) is 13.6. The summed E-state index contributed by atoms with van der Waals surface area (Å²) in [5, 5.41) is 3.76. The molecule has 0 aliphatic rings. The fraction of sp³-hybridized carbons (Fsp3) is 1.00. The average Bonchev–Trinajstić information content (AvgIpc) is 2.38. The van der Waals surface area contributed by atoms with Crippen LogP contribution in [0.15, 0.2) is 0 Å². The molecule has 0 aromatic carbocycles. The van der Waals surface area contributed by atoms with Gasteiger partial charge in [0.1, 0.15) is 0 Å². The summed E-state index contributed by atoms with van der Waals surface area (Å²) < 4.78 is 0. The molecule has 2 unspecified atom stereocenters. The standard InChI is InChI=1S/C16H36N2/c1-7-12-15(17-13-8-2)16(11-5)18(6)14(9-3)10-4/h14-17H,7-13H2,1-6H3. The Labute approximate surface area is 116 Å². The Balaban J connectivity index is 4.63. The van der Waals surface area contributed by atoms with E-state index in [0.717, 1.165) is 12.6 Å². The minimum atomic E-state index is 0.658. The Morgan fingerprint density at radius 1 is 0.889 bits per heavy atom. The summed E-state index contributed by atoms with van der Waals surface area (Å²) in [5.41, 5.74) is 0. The van der Waals surface area contributed by atoms with Gasteiger partial charge in [-0.2, -0.15) is 0 Å². The van der Waals surface area contributed by atoms with Gasteiger partial charge in [0.25, 0.3) is 0 Å². The third-order valence-corrected chi connectivity index (χ3v) is 4.18. The maximum Gasteiger partial charge on any atom is 0.0246 e. The predicted molar refractivity (Wildman–Crippen MR) is 83.2 cm³/mol. The minimum absolute atomic E-state index is 0.658. The monoisotopic (exact) mass is 256 g/mol. The van der Waals surface area contributed by atoms with E-state index in [4.69, 9.17) is 0 Å². The van der Waals surface area contributed by atoms with Crippen LogP contribution in [0.1, 0.15) is 73.1 Å². The van der Waals surface area contributed by atoms with Crippen LogP contribution in [0.5, 0.6) is 0 Å². The first-order valence-electron chi connectivity index (χ1n) is 8.11. The van der Waals surface area contributed by atoms with Gasteiger partial charge in [-0.1, -0.05) is 41.0 Å². The number of rotatable bonds is 11. The highest BCUT2D eigenvalue weighted by Gasteiger charge is 2.26. The van der Waals surface area contributed by atoms with E-state index >= 15 is 0 Å². The van der Waals surface area contributed by atoms with Crippen molar-refractivity contribution in [1.82, 2.24) is 10.2 Å². The van der Waals surface area contributed by atoms with Gasteiger partial charge in [-0.3, -0.25) is 4.90 Å². The Hall–Kier alpha value is -0.0800. The van der Waals surface area contributed by atoms with Crippen LogP contribution in [0.25, 0.3) is 0 Å². The molecule has 0 radical (unpaired) electrons. The lowest BCUT2D eigenvalue weighted by Gasteiger charge is -2.39. The van der Waals surface area contributed by atoms with E-state index in [0.29, 0.717) is 12.1 Å². The number of hydrogen-bond acceptors (Lipinski definition) is 2. The van der Waals surface area contributed by atoms with Crippen LogP contribution in [0.2, 0.25) is 0 Å². The van der Waals surface area contributed by atoms with Crippen LogP contribution in [-0.2, 0) is 0 Å². The number of hydrogen-bond donors (Lipinski definition) is 1. The minimum Gasteiger partial charge on any atom is -0.312 e. The van der Waals surface area contributed by atoms with Gasteiger partial charge in [-0.15, -0.1) is 0 Å². The molecule has 18 heavy (non-hydrogen) atoms. The molecule has 0 saturated carbocycles. The molecule has 110 valence electrons. The van der Waals surface area contributed by atoms with Gasteiger partial charge in [0.15, 0.2) is 0 Å². The van der Waals surface area contributed by atoms with E-state index in [2.05, 4.69) is 51.9 Å². The van der Waals surface area contributed by atoms with E-state index in [1.54, 1.807) is 0 Å². The lowest BCUT2D eigenvalue weighted by atomic mass is 9.96. The van der Waals surface area contributed by atoms with Crippen molar-refractivity contribution in [3.05, 3.63) is 0 Å². The fourth-order valence-corrected chi connectivity index (χ4v) is 3.06. The molecule has 2 nitrogen and oxygen atoms in total. The topological polar surface area (TPSA) is 15.3 Å². The van der Waals surface area contributed by atoms with Crippen molar-refractivity contribution in [3.8, 4) is 0 Å². The zero-order chi connectivity index (χ0) is 14.0. The quantitative estimate of drug-likeness (QED) is 0.600. The highest BCUT2D eigenvalue weighted by molar-refractivity contribution is 4.85. The molecule has 0 aromatic heterocycles. The fourth-order valence-electron chi connectivity index (χ4n) is 3.06. The van der Waals surface area contributed by atoms with Crippen molar-refractivity contribution in [1.29, 1.82) is 0 Å².